The van der Waals surface area contributed by atoms with Crippen LogP contribution in [0, 0.1) is 5.92 Å². The van der Waals surface area contributed by atoms with Gasteiger partial charge < -0.3 is 19.7 Å². The van der Waals surface area contributed by atoms with Crippen LogP contribution in [0.3, 0.4) is 0 Å². The van der Waals surface area contributed by atoms with E-state index in [2.05, 4.69) is 39.4 Å². The average molecular weight is 410 g/mol. The number of amides is 1. The van der Waals surface area contributed by atoms with Crippen LogP contribution in [-0.4, -0.2) is 69.9 Å². The number of ether oxygens (including phenoxy) is 2. The molecule has 6 heteroatoms. The molecule has 0 aromatic heterocycles. The molecule has 160 valence electrons. The highest BCUT2D eigenvalue weighted by atomic mass is 16.5. The number of carbonyl (C=O) groups excluding carboxylic acids is 1. The third-order valence-corrected chi connectivity index (χ3v) is 6.07. The summed E-state index contributed by atoms with van der Waals surface area (Å²) in [6.07, 6.45) is 0.782. The largest absolute Gasteiger partial charge is 0.492 e. The molecule has 0 radical (unpaired) electrons. The highest BCUT2D eigenvalue weighted by molar-refractivity contribution is 5.82. The molecule has 0 aliphatic carbocycles. The standard InChI is InChI=1S/C24H31N3O3/c1-29-15-11-25-24(28)21-17-19-7-5-6-10-22(19)27-13-12-26(18-23(21)27)14-16-30-20-8-3-2-4-9-20/h2-10,21,23H,11-18H2,1H3,(H,25,28). The van der Waals surface area contributed by atoms with Gasteiger partial charge in [-0.3, -0.25) is 9.69 Å². The summed E-state index contributed by atoms with van der Waals surface area (Å²) in [7, 11) is 1.65. The van der Waals surface area contributed by atoms with Crippen molar-refractivity contribution in [1.82, 2.24) is 10.2 Å². The van der Waals surface area contributed by atoms with Crippen molar-refractivity contribution in [1.29, 1.82) is 0 Å². The van der Waals surface area contributed by atoms with Crippen LogP contribution in [0.4, 0.5) is 5.69 Å². The van der Waals surface area contributed by atoms with Crippen molar-refractivity contribution in [3.05, 3.63) is 60.2 Å². The van der Waals surface area contributed by atoms with Crippen molar-refractivity contribution < 1.29 is 14.3 Å². The fourth-order valence-corrected chi connectivity index (χ4v) is 4.54. The zero-order valence-corrected chi connectivity index (χ0v) is 17.6. The molecule has 1 fully saturated rings. The summed E-state index contributed by atoms with van der Waals surface area (Å²) < 4.78 is 11.0. The van der Waals surface area contributed by atoms with E-state index in [1.807, 2.05) is 30.3 Å². The zero-order chi connectivity index (χ0) is 20.8. The lowest BCUT2D eigenvalue weighted by Crippen LogP contribution is -2.61. The Hall–Kier alpha value is -2.57. The third-order valence-electron chi connectivity index (χ3n) is 6.07. The van der Waals surface area contributed by atoms with Crippen LogP contribution in [0.5, 0.6) is 5.75 Å². The Balaban J connectivity index is 1.42. The van der Waals surface area contributed by atoms with Gasteiger partial charge in [-0.25, -0.2) is 0 Å². The summed E-state index contributed by atoms with van der Waals surface area (Å²) in [5.41, 5.74) is 2.55. The van der Waals surface area contributed by atoms with Gasteiger partial charge in [0, 0.05) is 45.5 Å². The van der Waals surface area contributed by atoms with Gasteiger partial charge in [0.2, 0.25) is 5.91 Å². The fourth-order valence-electron chi connectivity index (χ4n) is 4.54. The lowest BCUT2D eigenvalue weighted by atomic mass is 9.83. The minimum atomic E-state index is -0.0606. The molecule has 6 nitrogen and oxygen atoms in total. The van der Waals surface area contributed by atoms with Crippen LogP contribution in [-0.2, 0) is 16.0 Å². The van der Waals surface area contributed by atoms with Gasteiger partial charge in [-0.15, -0.1) is 0 Å². The molecule has 2 aliphatic rings. The summed E-state index contributed by atoms with van der Waals surface area (Å²) in [6, 6.07) is 18.6. The molecule has 1 N–H and O–H groups in total. The summed E-state index contributed by atoms with van der Waals surface area (Å²) in [5.74, 6) is 0.965. The number of piperazine rings is 1. The Bertz CT molecular complexity index is 829. The van der Waals surface area contributed by atoms with Crippen molar-refractivity contribution in [3.63, 3.8) is 0 Å². The quantitative estimate of drug-likeness (QED) is 0.678. The Labute approximate surface area is 178 Å². The number of anilines is 1. The van der Waals surface area contributed by atoms with Crippen molar-refractivity contribution >= 4 is 11.6 Å². The van der Waals surface area contributed by atoms with Crippen molar-refractivity contribution in [2.45, 2.75) is 12.5 Å². The van der Waals surface area contributed by atoms with E-state index in [1.54, 1.807) is 7.11 Å². The maximum Gasteiger partial charge on any atom is 0.225 e. The highest BCUT2D eigenvalue weighted by Gasteiger charge is 2.41. The van der Waals surface area contributed by atoms with E-state index < -0.39 is 0 Å². The maximum atomic E-state index is 13.0. The molecule has 2 atom stereocenters. The summed E-state index contributed by atoms with van der Waals surface area (Å²) in [6.45, 7) is 5.36. The van der Waals surface area contributed by atoms with Gasteiger partial charge in [0.15, 0.2) is 0 Å². The van der Waals surface area contributed by atoms with Crippen LogP contribution in [0.15, 0.2) is 54.6 Å². The number of hydrogen-bond donors (Lipinski definition) is 1. The zero-order valence-electron chi connectivity index (χ0n) is 17.6. The predicted octanol–water partition coefficient (Wildman–Crippen LogP) is 2.19. The van der Waals surface area contributed by atoms with E-state index in [9.17, 15) is 4.79 Å². The number of fused-ring (bicyclic) bond motifs is 3. The molecule has 2 unspecified atom stereocenters. The highest BCUT2D eigenvalue weighted by Crippen LogP contribution is 2.35. The maximum absolute atomic E-state index is 13.0. The summed E-state index contributed by atoms with van der Waals surface area (Å²) >= 11 is 0. The third kappa shape index (κ3) is 4.77. The molecular formula is C24H31N3O3. The first-order chi connectivity index (χ1) is 14.8. The number of nitrogens with one attached hydrogen (secondary N) is 1. The molecule has 1 saturated heterocycles. The number of rotatable bonds is 8. The van der Waals surface area contributed by atoms with E-state index in [0.717, 1.165) is 38.3 Å². The predicted molar refractivity (Wildman–Crippen MR) is 118 cm³/mol. The van der Waals surface area contributed by atoms with E-state index in [4.69, 9.17) is 9.47 Å². The van der Waals surface area contributed by atoms with Crippen molar-refractivity contribution in [2.75, 3.05) is 57.9 Å². The molecular weight excluding hydrogens is 378 g/mol. The topological polar surface area (TPSA) is 54.0 Å². The second kappa shape index (κ2) is 9.96. The normalized spacial score (nSPS) is 20.9. The molecule has 30 heavy (non-hydrogen) atoms. The molecule has 0 saturated carbocycles. The Morgan fingerprint density at radius 1 is 1.07 bits per heavy atom. The minimum absolute atomic E-state index is 0.0606. The Kier molecular flexibility index (Phi) is 6.87. The minimum Gasteiger partial charge on any atom is -0.492 e. The molecule has 0 bridgehead atoms. The number of benzene rings is 2. The van der Waals surface area contributed by atoms with Gasteiger partial charge >= 0.3 is 0 Å². The van der Waals surface area contributed by atoms with Gasteiger partial charge in [-0.1, -0.05) is 36.4 Å². The SMILES string of the molecule is COCCNC(=O)C1Cc2ccccc2N2CCN(CCOc3ccccc3)CC12. The Morgan fingerprint density at radius 3 is 2.70 bits per heavy atom. The van der Waals surface area contributed by atoms with Crippen LogP contribution >= 0.6 is 0 Å². The van der Waals surface area contributed by atoms with Crippen molar-refractivity contribution in [3.8, 4) is 5.75 Å². The van der Waals surface area contributed by atoms with Gasteiger partial charge in [-0.05, 0) is 30.2 Å². The molecule has 0 spiro atoms. The van der Waals surface area contributed by atoms with Gasteiger partial charge in [0.05, 0.1) is 18.6 Å². The monoisotopic (exact) mass is 409 g/mol. The van der Waals surface area contributed by atoms with Crippen LogP contribution in [0.2, 0.25) is 0 Å². The second-order valence-corrected chi connectivity index (χ2v) is 7.95. The van der Waals surface area contributed by atoms with Crippen LogP contribution < -0.4 is 15.0 Å². The molecule has 2 aromatic carbocycles. The summed E-state index contributed by atoms with van der Waals surface area (Å²) in [5, 5.41) is 3.06. The number of hydrogen-bond acceptors (Lipinski definition) is 5. The van der Waals surface area contributed by atoms with Crippen LogP contribution in [0.25, 0.3) is 0 Å². The first kappa shape index (κ1) is 20.7. The fraction of sp³-hybridized carbons (Fsp3) is 0.458. The van der Waals surface area contributed by atoms with Gasteiger partial charge in [-0.2, -0.15) is 0 Å². The van der Waals surface area contributed by atoms with E-state index in [0.29, 0.717) is 19.8 Å². The average Bonchev–Trinajstić information content (AvgIpc) is 2.79. The van der Waals surface area contributed by atoms with E-state index in [-0.39, 0.29) is 17.9 Å². The number of para-hydroxylation sites is 2. The van der Waals surface area contributed by atoms with Gasteiger partial charge in [0.1, 0.15) is 12.4 Å². The van der Waals surface area contributed by atoms with Gasteiger partial charge in [0.25, 0.3) is 0 Å². The number of carbonyl (C=O) groups is 1. The first-order valence-corrected chi connectivity index (χ1v) is 10.8. The molecule has 2 heterocycles. The van der Waals surface area contributed by atoms with E-state index >= 15 is 0 Å². The number of nitrogens with zero attached hydrogens (tertiary/aromatic N) is 2. The second-order valence-electron chi connectivity index (χ2n) is 7.95. The number of methoxy groups -OCH3 is 1. The molecule has 4 rings (SSSR count). The smallest absolute Gasteiger partial charge is 0.225 e. The van der Waals surface area contributed by atoms with E-state index in [1.165, 1.54) is 11.3 Å². The molecule has 1 amide bonds. The van der Waals surface area contributed by atoms with Crippen molar-refractivity contribution in [2.24, 2.45) is 5.92 Å². The Morgan fingerprint density at radius 2 is 1.87 bits per heavy atom. The molecule has 2 aliphatic heterocycles. The first-order valence-electron chi connectivity index (χ1n) is 10.8. The lowest BCUT2D eigenvalue weighted by molar-refractivity contribution is -0.126. The lowest BCUT2D eigenvalue weighted by Gasteiger charge is -2.49. The molecule has 2 aromatic rings. The van der Waals surface area contributed by atoms with Crippen LogP contribution in [0.1, 0.15) is 5.56 Å². The summed E-state index contributed by atoms with van der Waals surface area (Å²) in [4.78, 5) is 17.9.